The number of thiol groups is 1. The molecule has 0 aromatic carbocycles. The number of halogens is 2. The minimum absolute atomic E-state index is 0.0479. The zero-order chi connectivity index (χ0) is 31.8. The number of ether oxygens (including phenoxy) is 2. The van der Waals surface area contributed by atoms with Gasteiger partial charge in [0.2, 0.25) is 5.95 Å². The van der Waals surface area contributed by atoms with Crippen LogP contribution in [0.5, 0.6) is 0 Å². The topological polar surface area (TPSA) is 255 Å². The molecule has 7 heterocycles. The second-order valence-corrected chi connectivity index (χ2v) is 15.8. The van der Waals surface area contributed by atoms with Crippen LogP contribution in [-0.2, 0) is 39.4 Å². The van der Waals surface area contributed by atoms with E-state index < -0.39 is 81.9 Å². The summed E-state index contributed by atoms with van der Waals surface area (Å²) in [5.41, 5.74) is 11.0. The summed E-state index contributed by atoms with van der Waals surface area (Å²) < 4.78 is 68.1. The molecule has 7 N–H and O–H groups in total. The van der Waals surface area contributed by atoms with Crippen LogP contribution in [0.3, 0.4) is 0 Å². The van der Waals surface area contributed by atoms with Gasteiger partial charge in [0.05, 0.1) is 31.5 Å². The van der Waals surface area contributed by atoms with Crippen molar-refractivity contribution in [3.05, 3.63) is 29.3 Å². The molecule has 3 unspecified atom stereocenters. The van der Waals surface area contributed by atoms with E-state index in [2.05, 4.69) is 42.2 Å². The fraction of sp³-hybridized carbons (Fsp3) is 0.500. The minimum Gasteiger partial charge on any atom is -0.382 e. The zero-order valence-corrected chi connectivity index (χ0v) is 25.8. The SMILES string of the molecule is Nc1nc2c(ncn2[C@@H]2O[C@@H]3COP(O)(=S)O[C@@H]4[C@H](F)[C@H](n5cnc6c(N)ncnc65)O[C@@H]4CO[P+](O)(S)OC2[C@H]3F)c(=O)[nH]1. The molecule has 0 saturated carbocycles. The second kappa shape index (κ2) is 11.3. The molecule has 45 heavy (non-hydrogen) atoms. The lowest BCUT2D eigenvalue weighted by Crippen LogP contribution is -2.34. The Labute approximate surface area is 260 Å². The van der Waals surface area contributed by atoms with Crippen LogP contribution in [0.25, 0.3) is 22.3 Å². The number of hydrogen-bond donors (Lipinski definition) is 6. The van der Waals surface area contributed by atoms with E-state index in [-0.39, 0.29) is 34.1 Å². The maximum atomic E-state index is 16.0. The molecule has 3 fully saturated rings. The van der Waals surface area contributed by atoms with Gasteiger partial charge >= 0.3 is 13.9 Å². The van der Waals surface area contributed by atoms with Gasteiger partial charge in [-0.15, -0.1) is 0 Å². The van der Waals surface area contributed by atoms with E-state index in [0.29, 0.717) is 0 Å². The third kappa shape index (κ3) is 5.59. The molecule has 242 valence electrons. The van der Waals surface area contributed by atoms with Crippen molar-refractivity contribution in [3.8, 4) is 0 Å². The van der Waals surface area contributed by atoms with Crippen LogP contribution in [0.1, 0.15) is 12.5 Å². The molecule has 0 spiro atoms. The number of H-pyrrole nitrogens is 1. The molecule has 7 rings (SSSR count). The number of aromatic amines is 1. The molecule has 10 atom stereocenters. The van der Waals surface area contributed by atoms with E-state index in [4.69, 9.17) is 50.8 Å². The van der Waals surface area contributed by atoms with Gasteiger partial charge in [0, 0.05) is 0 Å². The number of anilines is 2. The van der Waals surface area contributed by atoms with Gasteiger partial charge in [-0.05, 0) is 11.8 Å². The molecule has 2 bridgehead atoms. The summed E-state index contributed by atoms with van der Waals surface area (Å²) in [5.74, 6) is -0.204. The van der Waals surface area contributed by atoms with E-state index in [0.717, 1.165) is 12.7 Å². The third-order valence-corrected chi connectivity index (χ3v) is 10.4. The van der Waals surface area contributed by atoms with E-state index in [1.54, 1.807) is 0 Å². The first-order valence-electron chi connectivity index (χ1n) is 12.9. The number of nitrogens with two attached hydrogens (primary N) is 2. The number of rotatable bonds is 2. The summed E-state index contributed by atoms with van der Waals surface area (Å²) in [7, 11) is -4.24. The Balaban J connectivity index is 1.20. The van der Waals surface area contributed by atoms with Gasteiger partial charge in [-0.2, -0.15) is 18.9 Å². The lowest BCUT2D eigenvalue weighted by atomic mass is 10.1. The highest BCUT2D eigenvalue weighted by Crippen LogP contribution is 2.65. The monoisotopic (exact) mass is 711 g/mol. The van der Waals surface area contributed by atoms with Crippen molar-refractivity contribution >= 4 is 72.0 Å². The lowest BCUT2D eigenvalue weighted by molar-refractivity contribution is -0.0603. The third-order valence-electron chi connectivity index (χ3n) is 7.24. The highest BCUT2D eigenvalue weighted by Gasteiger charge is 2.58. The Morgan fingerprint density at radius 3 is 2.51 bits per heavy atom. The molecule has 0 aliphatic carbocycles. The second-order valence-electron chi connectivity index (χ2n) is 10.1. The number of alkyl halides is 2. The Kier molecular flexibility index (Phi) is 7.82. The molecule has 25 heteroatoms. The number of aromatic nitrogens is 8. The van der Waals surface area contributed by atoms with Crippen LogP contribution in [0.2, 0.25) is 0 Å². The first kappa shape index (κ1) is 31.1. The molecular formula is C20H23F2N10O9P2S2+. The summed E-state index contributed by atoms with van der Waals surface area (Å²) in [6, 6.07) is 0. The van der Waals surface area contributed by atoms with Crippen molar-refractivity contribution in [2.75, 3.05) is 24.7 Å². The minimum atomic E-state index is -4.31. The lowest BCUT2D eigenvalue weighted by Gasteiger charge is -2.25. The van der Waals surface area contributed by atoms with Gasteiger partial charge in [-0.3, -0.25) is 23.4 Å². The van der Waals surface area contributed by atoms with Gasteiger partial charge in [-0.1, -0.05) is 0 Å². The molecule has 0 amide bonds. The fourth-order valence-electron chi connectivity index (χ4n) is 5.24. The van der Waals surface area contributed by atoms with Crippen molar-refractivity contribution in [1.82, 2.24) is 39.0 Å². The predicted octanol–water partition coefficient (Wildman–Crippen LogP) is 0.229. The maximum absolute atomic E-state index is 16.0. The summed E-state index contributed by atoms with van der Waals surface area (Å²) in [6.07, 6.45) is -9.51. The van der Waals surface area contributed by atoms with Crippen molar-refractivity contribution in [3.63, 3.8) is 0 Å². The number of hydrogen-bond acceptors (Lipinski definition) is 17. The van der Waals surface area contributed by atoms with Crippen LogP contribution >= 0.6 is 26.1 Å². The Hall–Kier alpha value is -2.53. The molecule has 4 aromatic rings. The Morgan fingerprint density at radius 2 is 1.73 bits per heavy atom. The first-order chi connectivity index (χ1) is 21.3. The van der Waals surface area contributed by atoms with E-state index in [1.807, 2.05) is 0 Å². The van der Waals surface area contributed by atoms with Crippen LogP contribution in [0, 0.1) is 0 Å². The predicted molar refractivity (Wildman–Crippen MR) is 156 cm³/mol. The molecule has 19 nitrogen and oxygen atoms in total. The van der Waals surface area contributed by atoms with Crippen molar-refractivity contribution in [2.45, 2.75) is 49.2 Å². The molecule has 3 aliphatic heterocycles. The van der Waals surface area contributed by atoms with Gasteiger partial charge in [0.1, 0.15) is 36.8 Å². The quantitative estimate of drug-likeness (QED) is 0.120. The number of nitrogens with one attached hydrogen (secondary N) is 1. The molecule has 3 saturated heterocycles. The first-order valence-corrected chi connectivity index (χ1v) is 18.2. The van der Waals surface area contributed by atoms with Gasteiger partial charge in [0.25, 0.3) is 5.56 Å². The molecular weight excluding hydrogens is 688 g/mol. The molecule has 0 radical (unpaired) electrons. The Morgan fingerprint density at radius 1 is 1.02 bits per heavy atom. The highest BCUT2D eigenvalue weighted by molar-refractivity contribution is 8.47. The number of nitrogens with zero attached hydrogens (tertiary/aromatic N) is 7. The normalized spacial score (nSPS) is 37.7. The average Bonchev–Trinajstić information content (AvgIpc) is 3.72. The van der Waals surface area contributed by atoms with E-state index in [1.165, 1.54) is 15.5 Å². The van der Waals surface area contributed by atoms with Crippen LogP contribution in [-0.4, -0.2) is 98.8 Å². The van der Waals surface area contributed by atoms with Crippen molar-refractivity contribution < 1.29 is 46.1 Å². The number of nitrogen functional groups attached to an aromatic ring is 2. The summed E-state index contributed by atoms with van der Waals surface area (Å²) in [4.78, 5) is 56.6. The largest absolute Gasteiger partial charge is 0.476 e. The van der Waals surface area contributed by atoms with Crippen molar-refractivity contribution in [1.29, 1.82) is 0 Å². The average molecular weight is 712 g/mol. The molecule has 3 aliphatic rings. The molecule has 4 aromatic heterocycles. The van der Waals surface area contributed by atoms with Crippen molar-refractivity contribution in [2.24, 2.45) is 0 Å². The van der Waals surface area contributed by atoms with Gasteiger partial charge in [-0.25, -0.2) is 28.7 Å². The zero-order valence-electron chi connectivity index (χ0n) is 22.3. The standard InChI is InChI=1S/C20H22F2N10O9P2S2/c21-8-6-1-36-42(34,44)40-12-7(39-18(9(12)22)31-4-27-10-14(23)25-3-26-15(10)31)2-37-43(35,45)41-13(8)19(38-6)32-5-28-11-16(32)29-20(24)30-17(11)33/h3-9,12-13,18-19,35,45H,1-2H2,(H5-,23,24,25,26,29,30,33,34,44)/p+1/t6-,7-,8+,9+,12+,13?,18-,19-,42?,43?/m1/s1. The number of imidazole rings is 2. The highest BCUT2D eigenvalue weighted by atomic mass is 32.7. The van der Waals surface area contributed by atoms with E-state index >= 15 is 8.78 Å². The van der Waals surface area contributed by atoms with Crippen LogP contribution < -0.4 is 17.0 Å². The van der Waals surface area contributed by atoms with Gasteiger partial charge < -0.3 is 30.4 Å². The summed E-state index contributed by atoms with van der Waals surface area (Å²) in [6.45, 7) is -5.63. The summed E-state index contributed by atoms with van der Waals surface area (Å²) >= 11 is 9.23. The summed E-state index contributed by atoms with van der Waals surface area (Å²) in [5, 5.41) is 0. The fourth-order valence-corrected chi connectivity index (χ4v) is 8.14. The maximum Gasteiger partial charge on any atom is 0.476 e. The number of fused-ring (bicyclic) bond motifs is 5. The van der Waals surface area contributed by atoms with Crippen LogP contribution in [0.15, 0.2) is 23.8 Å². The Bertz CT molecular complexity index is 1890. The van der Waals surface area contributed by atoms with Gasteiger partial charge in [0.15, 0.2) is 53.5 Å². The smallest absolute Gasteiger partial charge is 0.382 e. The van der Waals surface area contributed by atoms with Crippen LogP contribution in [0.4, 0.5) is 20.5 Å². The van der Waals surface area contributed by atoms with E-state index in [9.17, 15) is 14.6 Å².